The van der Waals surface area contributed by atoms with Crippen molar-refractivity contribution in [2.24, 2.45) is 0 Å². The highest BCUT2D eigenvalue weighted by atomic mass is 19.3. The maximum Gasteiger partial charge on any atom is 0.387 e. The van der Waals surface area contributed by atoms with Crippen molar-refractivity contribution in [2.45, 2.75) is 39.2 Å². The highest BCUT2D eigenvalue weighted by Gasteiger charge is 2.19. The number of alkyl halides is 2. The van der Waals surface area contributed by atoms with Crippen LogP contribution in [0.4, 0.5) is 8.78 Å². The molecule has 0 unspecified atom stereocenters. The number of rotatable bonds is 14. The number of amides is 2. The van der Waals surface area contributed by atoms with Gasteiger partial charge in [0, 0.05) is 38.3 Å². The molecular formula is C23H35F2N3O5. The summed E-state index contributed by atoms with van der Waals surface area (Å²) < 4.78 is 39.7. The second-order valence-corrected chi connectivity index (χ2v) is 7.82. The van der Waals surface area contributed by atoms with Crippen LogP contribution in [0.1, 0.15) is 43.0 Å². The third kappa shape index (κ3) is 9.51. The van der Waals surface area contributed by atoms with Crippen LogP contribution in [0.25, 0.3) is 0 Å². The van der Waals surface area contributed by atoms with Gasteiger partial charge in [0.05, 0.1) is 26.9 Å². The van der Waals surface area contributed by atoms with Gasteiger partial charge in [-0.05, 0) is 24.6 Å². The van der Waals surface area contributed by atoms with Crippen LogP contribution in [0, 0.1) is 0 Å². The van der Waals surface area contributed by atoms with E-state index in [-0.39, 0.29) is 29.5 Å². The molecule has 1 fully saturated rings. The maximum absolute atomic E-state index is 12.9. The number of hydrogen-bond donors (Lipinski definition) is 1. The van der Waals surface area contributed by atoms with Gasteiger partial charge in [-0.3, -0.25) is 14.5 Å². The molecule has 1 N–H and O–H groups in total. The van der Waals surface area contributed by atoms with Gasteiger partial charge in [-0.15, -0.1) is 0 Å². The molecule has 1 aliphatic heterocycles. The number of methoxy groups -OCH3 is 1. The van der Waals surface area contributed by atoms with Gasteiger partial charge < -0.3 is 24.4 Å². The highest BCUT2D eigenvalue weighted by Crippen LogP contribution is 2.29. The molecule has 10 heteroatoms. The molecule has 1 aliphatic rings. The van der Waals surface area contributed by atoms with Crippen molar-refractivity contribution in [1.29, 1.82) is 0 Å². The quantitative estimate of drug-likeness (QED) is 0.421. The van der Waals surface area contributed by atoms with E-state index in [4.69, 9.17) is 9.47 Å². The second kappa shape index (κ2) is 14.6. The van der Waals surface area contributed by atoms with E-state index in [1.165, 1.54) is 25.3 Å². The van der Waals surface area contributed by atoms with Crippen molar-refractivity contribution < 1.29 is 32.6 Å². The summed E-state index contributed by atoms with van der Waals surface area (Å²) in [5.41, 5.74) is 0.184. The molecule has 0 radical (unpaired) electrons. The number of unbranched alkanes of at least 4 members (excludes halogenated alkanes) is 3. The minimum atomic E-state index is -3.00. The van der Waals surface area contributed by atoms with Gasteiger partial charge in [0.15, 0.2) is 11.5 Å². The van der Waals surface area contributed by atoms with Crippen molar-refractivity contribution in [3.63, 3.8) is 0 Å². The molecular weight excluding hydrogens is 436 g/mol. The maximum atomic E-state index is 12.9. The van der Waals surface area contributed by atoms with E-state index in [9.17, 15) is 18.4 Å². The summed E-state index contributed by atoms with van der Waals surface area (Å²) in [6.07, 6.45) is 4.20. The Bertz CT molecular complexity index is 745. The lowest BCUT2D eigenvalue weighted by molar-refractivity contribution is -0.130. The molecule has 2 rings (SSSR count). The van der Waals surface area contributed by atoms with Gasteiger partial charge in [-0.2, -0.15) is 8.78 Å². The number of hydrogen-bond acceptors (Lipinski definition) is 6. The first kappa shape index (κ1) is 26.8. The van der Waals surface area contributed by atoms with E-state index in [1.54, 1.807) is 4.90 Å². The molecule has 8 nitrogen and oxygen atoms in total. The van der Waals surface area contributed by atoms with Crippen LogP contribution in [0.2, 0.25) is 0 Å². The lowest BCUT2D eigenvalue weighted by atomic mass is 10.2. The van der Waals surface area contributed by atoms with Gasteiger partial charge in [0.2, 0.25) is 5.91 Å². The Labute approximate surface area is 194 Å². The first-order valence-corrected chi connectivity index (χ1v) is 11.4. The zero-order valence-electron chi connectivity index (χ0n) is 19.5. The van der Waals surface area contributed by atoms with E-state index >= 15 is 0 Å². The summed E-state index contributed by atoms with van der Waals surface area (Å²) in [6, 6.07) is 3.89. The standard InChI is InChI=1S/C23H35F2N3O5/c1-3-4-5-6-9-28(11-10-27-12-14-32-15-13-27)21(29)17-26-22(30)18-7-8-19(33-23(24)25)20(16-18)31-2/h7-8,16,23H,3-6,9-15,17H2,1-2H3,(H,26,30). The molecule has 0 atom stereocenters. The van der Waals surface area contributed by atoms with Crippen molar-refractivity contribution in [3.8, 4) is 11.5 Å². The second-order valence-electron chi connectivity index (χ2n) is 7.82. The number of nitrogens with one attached hydrogen (secondary N) is 1. The Balaban J connectivity index is 1.92. The van der Waals surface area contributed by atoms with Crippen molar-refractivity contribution in [3.05, 3.63) is 23.8 Å². The van der Waals surface area contributed by atoms with Gasteiger partial charge >= 0.3 is 6.61 Å². The largest absolute Gasteiger partial charge is 0.493 e. The summed E-state index contributed by atoms with van der Waals surface area (Å²) in [4.78, 5) is 29.4. The van der Waals surface area contributed by atoms with Crippen LogP contribution in [-0.2, 0) is 9.53 Å². The Morgan fingerprint density at radius 1 is 1.15 bits per heavy atom. The van der Waals surface area contributed by atoms with Gasteiger partial charge in [-0.25, -0.2) is 0 Å². The van der Waals surface area contributed by atoms with Crippen LogP contribution < -0.4 is 14.8 Å². The molecule has 0 aromatic heterocycles. The Hall–Kier alpha value is -2.46. The average Bonchev–Trinajstić information content (AvgIpc) is 2.82. The molecule has 2 amide bonds. The fourth-order valence-corrected chi connectivity index (χ4v) is 3.55. The van der Waals surface area contributed by atoms with Crippen LogP contribution in [0.5, 0.6) is 11.5 Å². The fraction of sp³-hybridized carbons (Fsp3) is 0.652. The predicted molar refractivity (Wildman–Crippen MR) is 120 cm³/mol. The number of carbonyl (C=O) groups is 2. The number of morpholine rings is 1. The van der Waals surface area contributed by atoms with Gasteiger partial charge in [0.25, 0.3) is 5.91 Å². The van der Waals surface area contributed by atoms with Gasteiger partial charge in [-0.1, -0.05) is 26.2 Å². The van der Waals surface area contributed by atoms with E-state index in [0.29, 0.717) is 26.3 Å². The Morgan fingerprint density at radius 2 is 1.91 bits per heavy atom. The van der Waals surface area contributed by atoms with Crippen LogP contribution >= 0.6 is 0 Å². The predicted octanol–water partition coefficient (Wildman–Crippen LogP) is 2.77. The molecule has 1 aromatic carbocycles. The third-order valence-electron chi connectivity index (χ3n) is 5.47. The van der Waals surface area contributed by atoms with Crippen molar-refractivity contribution in [2.75, 3.05) is 59.6 Å². The lowest BCUT2D eigenvalue weighted by Gasteiger charge is -2.30. The van der Waals surface area contributed by atoms with Crippen LogP contribution in [0.15, 0.2) is 18.2 Å². The van der Waals surface area contributed by atoms with Crippen molar-refractivity contribution in [1.82, 2.24) is 15.1 Å². The summed E-state index contributed by atoms with van der Waals surface area (Å²) in [7, 11) is 1.30. The topological polar surface area (TPSA) is 80.3 Å². The molecule has 1 heterocycles. The number of nitrogens with zero attached hydrogens (tertiary/aromatic N) is 2. The average molecular weight is 472 g/mol. The van der Waals surface area contributed by atoms with Crippen molar-refractivity contribution >= 4 is 11.8 Å². The van der Waals surface area contributed by atoms with Crippen LogP contribution in [-0.4, -0.2) is 87.8 Å². The number of halogens is 2. The number of benzene rings is 1. The molecule has 0 spiro atoms. The molecule has 1 saturated heterocycles. The van der Waals surface area contributed by atoms with E-state index in [1.807, 2.05) is 0 Å². The fourth-order valence-electron chi connectivity index (χ4n) is 3.55. The minimum absolute atomic E-state index is 0.0114. The third-order valence-corrected chi connectivity index (χ3v) is 5.47. The molecule has 33 heavy (non-hydrogen) atoms. The smallest absolute Gasteiger partial charge is 0.387 e. The van der Waals surface area contributed by atoms with E-state index < -0.39 is 12.5 Å². The number of carbonyl (C=O) groups excluding carboxylic acids is 2. The molecule has 0 bridgehead atoms. The molecule has 0 saturated carbocycles. The first-order valence-electron chi connectivity index (χ1n) is 11.4. The normalized spacial score (nSPS) is 14.2. The lowest BCUT2D eigenvalue weighted by Crippen LogP contribution is -2.46. The van der Waals surface area contributed by atoms with Gasteiger partial charge in [0.1, 0.15) is 0 Å². The molecule has 186 valence electrons. The zero-order chi connectivity index (χ0) is 24.1. The Kier molecular flexibility index (Phi) is 11.9. The van der Waals surface area contributed by atoms with E-state index in [0.717, 1.165) is 45.3 Å². The zero-order valence-corrected chi connectivity index (χ0v) is 19.5. The summed E-state index contributed by atoms with van der Waals surface area (Å²) in [6.45, 7) is 4.09. The monoisotopic (exact) mass is 471 g/mol. The molecule has 1 aromatic rings. The first-order chi connectivity index (χ1) is 15.9. The molecule has 0 aliphatic carbocycles. The summed E-state index contributed by atoms with van der Waals surface area (Å²) >= 11 is 0. The highest BCUT2D eigenvalue weighted by molar-refractivity contribution is 5.97. The van der Waals surface area contributed by atoms with Crippen LogP contribution in [0.3, 0.4) is 0 Å². The summed E-state index contributed by atoms with van der Waals surface area (Å²) in [5.74, 6) is -0.805. The van der Waals surface area contributed by atoms with E-state index in [2.05, 4.69) is 21.9 Å². The number of ether oxygens (including phenoxy) is 3. The SMILES string of the molecule is CCCCCCN(CCN1CCOCC1)C(=O)CNC(=O)c1ccc(OC(F)F)c(OC)c1. The Morgan fingerprint density at radius 3 is 2.58 bits per heavy atom. The summed E-state index contributed by atoms with van der Waals surface area (Å²) in [5, 5.41) is 2.62. The minimum Gasteiger partial charge on any atom is -0.493 e.